The summed E-state index contributed by atoms with van der Waals surface area (Å²) in [4.78, 5) is 23.6. The summed E-state index contributed by atoms with van der Waals surface area (Å²) in [6.45, 7) is 6.60. The van der Waals surface area contributed by atoms with E-state index in [-0.39, 0.29) is 30.4 Å². The number of alkyl halides is 3. The molecule has 34 heavy (non-hydrogen) atoms. The van der Waals surface area contributed by atoms with E-state index in [1.165, 1.54) is 19.1 Å². The number of rotatable bonds is 9. The lowest BCUT2D eigenvalue weighted by atomic mass is 9.96. The van der Waals surface area contributed by atoms with Gasteiger partial charge in [0.1, 0.15) is 12.6 Å². The van der Waals surface area contributed by atoms with E-state index >= 15 is 0 Å². The Morgan fingerprint density at radius 1 is 1.09 bits per heavy atom. The molecule has 9 heteroatoms. The summed E-state index contributed by atoms with van der Waals surface area (Å²) < 4.78 is 41.9. The molecule has 0 heterocycles. The number of nitrogens with zero attached hydrogens (tertiary/aromatic N) is 1. The minimum atomic E-state index is -4.64. The van der Waals surface area contributed by atoms with Crippen LogP contribution in [0, 0.1) is 24.2 Å². The van der Waals surface area contributed by atoms with Gasteiger partial charge in [-0.25, -0.2) is 0 Å². The second-order valence-corrected chi connectivity index (χ2v) is 8.53. The van der Waals surface area contributed by atoms with Crippen molar-refractivity contribution in [2.24, 2.45) is 5.92 Å². The molecule has 2 aromatic rings. The predicted octanol–water partition coefficient (Wildman–Crippen LogP) is 4.87. The van der Waals surface area contributed by atoms with Crippen molar-refractivity contribution in [2.75, 3.05) is 11.9 Å². The number of nitrogens with one attached hydrogen (secondary N) is 3. The summed E-state index contributed by atoms with van der Waals surface area (Å²) in [5.41, 5.74) is 3.02. The van der Waals surface area contributed by atoms with Crippen molar-refractivity contribution in [3.05, 3.63) is 53.6 Å². The summed E-state index contributed by atoms with van der Waals surface area (Å²) in [5.74, 6) is -0.875. The SMILES string of the molecule is CC(=O)Nc1ccc(-c2ccc([C@H](N[C@@H](CC(C)C)C(=O)NCC#N)C(F)(F)F)cc2)c(C)c1. The zero-order valence-corrected chi connectivity index (χ0v) is 19.6. The molecule has 0 saturated carbocycles. The van der Waals surface area contributed by atoms with Crippen LogP contribution in [0.2, 0.25) is 0 Å². The first-order chi connectivity index (χ1) is 15.9. The maximum absolute atomic E-state index is 14.0. The first kappa shape index (κ1) is 26.9. The molecule has 2 rings (SSSR count). The first-order valence-electron chi connectivity index (χ1n) is 10.9. The quantitative estimate of drug-likeness (QED) is 0.452. The van der Waals surface area contributed by atoms with Gasteiger partial charge in [0.2, 0.25) is 11.8 Å². The number of aryl methyl sites for hydroxylation is 1. The highest BCUT2D eigenvalue weighted by atomic mass is 19.4. The molecule has 2 amide bonds. The zero-order chi connectivity index (χ0) is 25.5. The van der Waals surface area contributed by atoms with Gasteiger partial charge in [0, 0.05) is 12.6 Å². The van der Waals surface area contributed by atoms with Gasteiger partial charge < -0.3 is 10.6 Å². The van der Waals surface area contributed by atoms with Crippen LogP contribution in [0.4, 0.5) is 18.9 Å². The van der Waals surface area contributed by atoms with Crippen LogP contribution in [0.15, 0.2) is 42.5 Å². The normalized spacial score (nSPS) is 13.1. The number of amides is 2. The molecule has 2 aromatic carbocycles. The summed E-state index contributed by atoms with van der Waals surface area (Å²) >= 11 is 0. The molecule has 0 fully saturated rings. The average molecular weight is 475 g/mol. The van der Waals surface area contributed by atoms with Crippen LogP contribution in [0.3, 0.4) is 0 Å². The third kappa shape index (κ3) is 7.59. The van der Waals surface area contributed by atoms with Crippen LogP contribution in [-0.4, -0.2) is 30.6 Å². The van der Waals surface area contributed by atoms with Gasteiger partial charge >= 0.3 is 6.18 Å². The number of anilines is 1. The highest BCUT2D eigenvalue weighted by molar-refractivity contribution is 5.89. The fourth-order valence-corrected chi connectivity index (χ4v) is 3.68. The maximum Gasteiger partial charge on any atom is 0.407 e. The number of carbonyl (C=O) groups excluding carboxylic acids is 2. The van der Waals surface area contributed by atoms with Crippen LogP contribution in [0.1, 0.15) is 44.4 Å². The van der Waals surface area contributed by atoms with Crippen LogP contribution >= 0.6 is 0 Å². The highest BCUT2D eigenvalue weighted by Crippen LogP contribution is 2.35. The van der Waals surface area contributed by atoms with Crippen molar-refractivity contribution in [3.8, 4) is 17.2 Å². The number of benzene rings is 2. The molecule has 0 aliphatic heterocycles. The van der Waals surface area contributed by atoms with Crippen molar-refractivity contribution in [1.82, 2.24) is 10.6 Å². The first-order valence-corrected chi connectivity index (χ1v) is 10.9. The second-order valence-electron chi connectivity index (χ2n) is 8.53. The second kappa shape index (κ2) is 11.7. The molecule has 6 nitrogen and oxygen atoms in total. The zero-order valence-electron chi connectivity index (χ0n) is 19.6. The van der Waals surface area contributed by atoms with Gasteiger partial charge in [-0.15, -0.1) is 0 Å². The van der Waals surface area contributed by atoms with Gasteiger partial charge in [-0.3, -0.25) is 14.9 Å². The molecule has 0 saturated heterocycles. The third-order valence-electron chi connectivity index (χ3n) is 5.16. The minimum Gasteiger partial charge on any atom is -0.342 e. The molecule has 182 valence electrons. The Morgan fingerprint density at radius 2 is 1.74 bits per heavy atom. The Morgan fingerprint density at radius 3 is 2.24 bits per heavy atom. The van der Waals surface area contributed by atoms with Crippen molar-refractivity contribution < 1.29 is 22.8 Å². The summed E-state index contributed by atoms with van der Waals surface area (Å²) in [7, 11) is 0. The van der Waals surface area contributed by atoms with Gasteiger partial charge in [0.15, 0.2) is 0 Å². The molecule has 0 spiro atoms. The van der Waals surface area contributed by atoms with Crippen LogP contribution < -0.4 is 16.0 Å². The number of hydrogen-bond acceptors (Lipinski definition) is 4. The van der Waals surface area contributed by atoms with Gasteiger partial charge in [-0.1, -0.05) is 44.2 Å². The van der Waals surface area contributed by atoms with Gasteiger partial charge in [-0.2, -0.15) is 18.4 Å². The van der Waals surface area contributed by atoms with E-state index in [0.29, 0.717) is 5.69 Å². The van der Waals surface area contributed by atoms with E-state index in [1.807, 2.05) is 20.8 Å². The summed E-state index contributed by atoms with van der Waals surface area (Å²) in [6, 6.07) is 9.90. The molecule has 0 bridgehead atoms. The summed E-state index contributed by atoms with van der Waals surface area (Å²) in [6.07, 6.45) is -4.45. The average Bonchev–Trinajstić information content (AvgIpc) is 2.73. The lowest BCUT2D eigenvalue weighted by Gasteiger charge is -2.28. The lowest BCUT2D eigenvalue weighted by Crippen LogP contribution is -2.49. The molecule has 0 aliphatic rings. The van der Waals surface area contributed by atoms with E-state index in [9.17, 15) is 22.8 Å². The Labute approximate surface area is 197 Å². The smallest absolute Gasteiger partial charge is 0.342 e. The van der Waals surface area contributed by atoms with Crippen molar-refractivity contribution in [3.63, 3.8) is 0 Å². The molecule has 0 unspecified atom stereocenters. The molecule has 0 radical (unpaired) electrons. The fourth-order valence-electron chi connectivity index (χ4n) is 3.68. The van der Waals surface area contributed by atoms with Gasteiger partial charge in [-0.05, 0) is 53.6 Å². The maximum atomic E-state index is 14.0. The van der Waals surface area contributed by atoms with Crippen molar-refractivity contribution >= 4 is 17.5 Å². The Bertz CT molecular complexity index is 1040. The largest absolute Gasteiger partial charge is 0.407 e. The van der Waals surface area contributed by atoms with E-state index in [4.69, 9.17) is 5.26 Å². The van der Waals surface area contributed by atoms with Gasteiger partial charge in [0.05, 0.1) is 12.1 Å². The lowest BCUT2D eigenvalue weighted by molar-refractivity contribution is -0.161. The Kier molecular flexibility index (Phi) is 9.21. The number of hydrogen-bond donors (Lipinski definition) is 3. The van der Waals surface area contributed by atoms with E-state index in [2.05, 4.69) is 16.0 Å². The van der Waals surface area contributed by atoms with Crippen LogP contribution in [0.25, 0.3) is 11.1 Å². The van der Waals surface area contributed by atoms with E-state index in [1.54, 1.807) is 36.4 Å². The van der Waals surface area contributed by atoms with Gasteiger partial charge in [0.25, 0.3) is 0 Å². The van der Waals surface area contributed by atoms with Crippen LogP contribution in [-0.2, 0) is 9.59 Å². The predicted molar refractivity (Wildman–Crippen MR) is 125 cm³/mol. The number of halogens is 3. The molecule has 0 aliphatic carbocycles. The molecule has 2 atom stereocenters. The van der Waals surface area contributed by atoms with E-state index in [0.717, 1.165) is 16.7 Å². The number of carbonyl (C=O) groups is 2. The number of nitriles is 1. The molecule has 3 N–H and O–H groups in total. The van der Waals surface area contributed by atoms with Crippen molar-refractivity contribution in [1.29, 1.82) is 5.26 Å². The monoisotopic (exact) mass is 474 g/mol. The standard InChI is InChI=1S/C25H29F3N4O2/c1-15(2)13-22(24(34)30-12-11-29)32-23(25(26,27)28)19-7-5-18(6-8-19)21-10-9-20(14-16(21)3)31-17(4)33/h5-10,14-15,22-23,32H,12-13H2,1-4H3,(H,30,34)(H,31,33)/t22-,23-/m0/s1. The molecule has 0 aromatic heterocycles. The Hall–Kier alpha value is -3.38. The van der Waals surface area contributed by atoms with Crippen molar-refractivity contribution in [2.45, 2.75) is 52.4 Å². The molecular weight excluding hydrogens is 445 g/mol. The van der Waals surface area contributed by atoms with E-state index < -0.39 is 24.2 Å². The summed E-state index contributed by atoms with van der Waals surface area (Å²) in [5, 5.41) is 16.2. The fraction of sp³-hybridized carbons (Fsp3) is 0.400. The molecular formula is C25H29F3N4O2. The highest BCUT2D eigenvalue weighted by Gasteiger charge is 2.42. The minimum absolute atomic E-state index is 0.0226. The van der Waals surface area contributed by atoms with Crippen LogP contribution in [0.5, 0.6) is 0 Å². The Balaban J connectivity index is 2.32. The third-order valence-corrected chi connectivity index (χ3v) is 5.16. The topological polar surface area (TPSA) is 94.0 Å².